The Hall–Kier alpha value is -0.380. The summed E-state index contributed by atoms with van der Waals surface area (Å²) in [4.78, 5) is 15.3. The van der Waals surface area contributed by atoms with Crippen molar-refractivity contribution in [3.63, 3.8) is 0 Å². The Bertz CT molecular complexity index is 423. The van der Waals surface area contributed by atoms with E-state index in [2.05, 4.69) is 4.90 Å². The number of Topliss-reactive ketones (excluding diaryl/α,β-unsaturated/α-hetero) is 1. The summed E-state index contributed by atoms with van der Waals surface area (Å²) in [7, 11) is 0. The molecule has 0 aromatic carbocycles. The second-order valence-corrected chi connectivity index (χ2v) is 6.85. The van der Waals surface area contributed by atoms with Gasteiger partial charge in [-0.15, -0.1) is 11.3 Å². The third-order valence-corrected chi connectivity index (χ3v) is 4.72. The maximum Gasteiger partial charge on any atom is 0.186 e. The summed E-state index contributed by atoms with van der Waals surface area (Å²) in [5.41, 5.74) is 0. The highest BCUT2D eigenvalue weighted by Gasteiger charge is 2.34. The first-order valence-electron chi connectivity index (χ1n) is 6.25. The predicted octanol–water partition coefficient (Wildman–Crippen LogP) is 3.46. The highest BCUT2D eigenvalue weighted by molar-refractivity contribution is 7.18. The van der Waals surface area contributed by atoms with Crippen LogP contribution in [0.4, 0.5) is 0 Å². The van der Waals surface area contributed by atoms with Crippen LogP contribution in [0.3, 0.4) is 0 Å². The molecule has 1 aromatic heterocycles. The zero-order chi connectivity index (χ0) is 11.8. The van der Waals surface area contributed by atoms with Crippen molar-refractivity contribution in [1.82, 2.24) is 4.90 Å². The van der Waals surface area contributed by atoms with Gasteiger partial charge in [0.25, 0.3) is 0 Å². The molecule has 2 fully saturated rings. The summed E-state index contributed by atoms with van der Waals surface area (Å²) in [6, 6.07) is 4.33. The van der Waals surface area contributed by atoms with Gasteiger partial charge in [0.15, 0.2) is 5.78 Å². The van der Waals surface area contributed by atoms with Gasteiger partial charge in [0.05, 0.1) is 15.8 Å². The Balaban J connectivity index is 1.61. The maximum atomic E-state index is 12.1. The summed E-state index contributed by atoms with van der Waals surface area (Å²) >= 11 is 7.26. The van der Waals surface area contributed by atoms with E-state index in [4.69, 9.17) is 11.6 Å². The second-order valence-electron chi connectivity index (χ2n) is 5.13. The van der Waals surface area contributed by atoms with E-state index in [0.717, 1.165) is 17.3 Å². The molecule has 2 saturated carbocycles. The zero-order valence-corrected chi connectivity index (χ0v) is 11.3. The Morgan fingerprint density at radius 1 is 1.35 bits per heavy atom. The van der Waals surface area contributed by atoms with Crippen molar-refractivity contribution in [3.05, 3.63) is 21.3 Å². The number of nitrogens with zero attached hydrogens (tertiary/aromatic N) is 1. The lowest BCUT2D eigenvalue weighted by molar-refractivity contribution is 0.0925. The summed E-state index contributed by atoms with van der Waals surface area (Å²) in [5.74, 6) is 1.09. The molecule has 17 heavy (non-hydrogen) atoms. The summed E-state index contributed by atoms with van der Waals surface area (Å²) in [6.07, 6.45) is 5.24. The largest absolute Gasteiger partial charge is 0.293 e. The predicted molar refractivity (Wildman–Crippen MR) is 71.0 cm³/mol. The smallest absolute Gasteiger partial charge is 0.186 e. The highest BCUT2D eigenvalue weighted by Crippen LogP contribution is 2.35. The normalized spacial score (nSPS) is 19.9. The molecule has 0 radical (unpaired) electrons. The molecule has 0 unspecified atom stereocenters. The van der Waals surface area contributed by atoms with Gasteiger partial charge >= 0.3 is 0 Å². The Kier molecular flexibility index (Phi) is 3.24. The Labute approximate surface area is 111 Å². The number of halogens is 1. The molecule has 0 atom stereocenters. The second kappa shape index (κ2) is 4.71. The Morgan fingerprint density at radius 3 is 2.65 bits per heavy atom. The summed E-state index contributed by atoms with van der Waals surface area (Å²) < 4.78 is 0.702. The van der Waals surface area contributed by atoms with Crippen molar-refractivity contribution >= 4 is 28.7 Å². The number of carbonyl (C=O) groups excluding carboxylic acids is 1. The number of thiophene rings is 1. The first-order valence-corrected chi connectivity index (χ1v) is 7.44. The third-order valence-electron chi connectivity index (χ3n) is 3.45. The fourth-order valence-corrected chi connectivity index (χ4v) is 3.11. The molecule has 0 bridgehead atoms. The average molecular weight is 270 g/mol. The Morgan fingerprint density at radius 2 is 2.12 bits per heavy atom. The van der Waals surface area contributed by atoms with Crippen LogP contribution in [0.25, 0.3) is 0 Å². The van der Waals surface area contributed by atoms with Gasteiger partial charge in [0.1, 0.15) is 0 Å². The lowest BCUT2D eigenvalue weighted by Gasteiger charge is -2.20. The minimum atomic E-state index is 0.231. The van der Waals surface area contributed by atoms with E-state index in [1.807, 2.05) is 12.1 Å². The first kappa shape index (κ1) is 11.7. The van der Waals surface area contributed by atoms with Crippen LogP contribution >= 0.6 is 22.9 Å². The number of carbonyl (C=O) groups is 1. The quantitative estimate of drug-likeness (QED) is 0.737. The van der Waals surface area contributed by atoms with Gasteiger partial charge in [0, 0.05) is 12.6 Å². The molecule has 2 aliphatic rings. The molecule has 3 rings (SSSR count). The molecular weight excluding hydrogens is 254 g/mol. The molecule has 0 saturated heterocycles. The average Bonchev–Trinajstić information content (AvgIpc) is 3.18. The van der Waals surface area contributed by atoms with Crippen molar-refractivity contribution in [1.29, 1.82) is 0 Å². The van der Waals surface area contributed by atoms with Gasteiger partial charge in [-0.25, -0.2) is 0 Å². The molecule has 0 aliphatic heterocycles. The molecule has 2 nitrogen and oxygen atoms in total. The van der Waals surface area contributed by atoms with E-state index in [-0.39, 0.29) is 5.78 Å². The molecule has 92 valence electrons. The lowest BCUT2D eigenvalue weighted by Crippen LogP contribution is -2.33. The van der Waals surface area contributed by atoms with Crippen LogP contribution in [0.5, 0.6) is 0 Å². The van der Waals surface area contributed by atoms with Gasteiger partial charge in [-0.05, 0) is 43.7 Å². The number of rotatable bonds is 6. The molecule has 1 aromatic rings. The molecular formula is C13H16ClNOS. The van der Waals surface area contributed by atoms with Crippen LogP contribution in [-0.2, 0) is 0 Å². The van der Waals surface area contributed by atoms with Crippen LogP contribution in [0.2, 0.25) is 4.34 Å². The van der Waals surface area contributed by atoms with E-state index in [0.29, 0.717) is 16.9 Å². The van der Waals surface area contributed by atoms with Crippen LogP contribution in [0.1, 0.15) is 35.4 Å². The molecule has 0 N–H and O–H groups in total. The number of hydrogen-bond acceptors (Lipinski definition) is 3. The standard InChI is InChI=1S/C13H16ClNOS/c14-13-6-5-12(17-13)11(16)8-15(10-3-4-10)7-9-1-2-9/h5-6,9-10H,1-4,7-8H2. The minimum absolute atomic E-state index is 0.231. The SMILES string of the molecule is O=C(CN(CC1CC1)C1CC1)c1ccc(Cl)s1. The van der Waals surface area contributed by atoms with Crippen molar-refractivity contribution in [2.75, 3.05) is 13.1 Å². The van der Waals surface area contributed by atoms with Gasteiger partial charge in [-0.3, -0.25) is 9.69 Å². The monoisotopic (exact) mass is 269 g/mol. The van der Waals surface area contributed by atoms with E-state index >= 15 is 0 Å². The topological polar surface area (TPSA) is 20.3 Å². The zero-order valence-electron chi connectivity index (χ0n) is 9.69. The van der Waals surface area contributed by atoms with E-state index in [1.165, 1.54) is 37.0 Å². The molecule has 2 aliphatic carbocycles. The highest BCUT2D eigenvalue weighted by atomic mass is 35.5. The van der Waals surface area contributed by atoms with Crippen LogP contribution in [0.15, 0.2) is 12.1 Å². The number of hydrogen-bond donors (Lipinski definition) is 0. The van der Waals surface area contributed by atoms with Crippen LogP contribution < -0.4 is 0 Å². The van der Waals surface area contributed by atoms with Gasteiger partial charge < -0.3 is 0 Å². The number of ketones is 1. The van der Waals surface area contributed by atoms with Gasteiger partial charge in [-0.1, -0.05) is 11.6 Å². The first-order chi connectivity index (χ1) is 8.22. The molecule has 0 amide bonds. The fourth-order valence-electron chi connectivity index (χ4n) is 2.14. The van der Waals surface area contributed by atoms with Crippen LogP contribution in [-0.4, -0.2) is 29.8 Å². The molecule has 0 spiro atoms. The van der Waals surface area contributed by atoms with Gasteiger partial charge in [-0.2, -0.15) is 0 Å². The van der Waals surface area contributed by atoms with Crippen molar-refractivity contribution < 1.29 is 4.79 Å². The van der Waals surface area contributed by atoms with E-state index in [9.17, 15) is 4.79 Å². The van der Waals surface area contributed by atoms with Crippen molar-refractivity contribution in [2.45, 2.75) is 31.7 Å². The minimum Gasteiger partial charge on any atom is -0.293 e. The lowest BCUT2D eigenvalue weighted by atomic mass is 10.2. The molecule has 1 heterocycles. The molecule has 4 heteroatoms. The summed E-state index contributed by atoms with van der Waals surface area (Å²) in [6.45, 7) is 1.70. The van der Waals surface area contributed by atoms with Crippen molar-refractivity contribution in [3.8, 4) is 0 Å². The van der Waals surface area contributed by atoms with E-state index in [1.54, 1.807) is 0 Å². The third kappa shape index (κ3) is 3.09. The maximum absolute atomic E-state index is 12.1. The van der Waals surface area contributed by atoms with Crippen molar-refractivity contribution in [2.24, 2.45) is 5.92 Å². The summed E-state index contributed by atoms with van der Waals surface area (Å²) in [5, 5.41) is 0. The fraction of sp³-hybridized carbons (Fsp3) is 0.615. The van der Waals surface area contributed by atoms with Crippen LogP contribution in [0, 0.1) is 5.92 Å². The van der Waals surface area contributed by atoms with E-state index < -0.39 is 0 Å². The van der Waals surface area contributed by atoms with Gasteiger partial charge in [0.2, 0.25) is 0 Å².